The fourth-order valence-electron chi connectivity index (χ4n) is 1.78. The van der Waals surface area contributed by atoms with Crippen LogP contribution in [0.1, 0.15) is 18.1 Å². The summed E-state index contributed by atoms with van der Waals surface area (Å²) in [7, 11) is 0. The molecule has 2 rings (SSSR count). The SMILES string of the molecule is C=Cc1cc(CC)cc2ccccc12. The van der Waals surface area contributed by atoms with Gasteiger partial charge in [-0.2, -0.15) is 0 Å². The quantitative estimate of drug-likeness (QED) is 0.657. The first-order chi connectivity index (χ1) is 6.85. The van der Waals surface area contributed by atoms with Gasteiger partial charge in [0.25, 0.3) is 0 Å². The molecule has 0 spiro atoms. The molecular weight excluding hydrogens is 168 g/mol. The molecule has 0 bridgehead atoms. The lowest BCUT2D eigenvalue weighted by Crippen LogP contribution is -1.84. The molecule has 14 heavy (non-hydrogen) atoms. The third kappa shape index (κ3) is 1.44. The van der Waals surface area contributed by atoms with Gasteiger partial charge in [0.1, 0.15) is 0 Å². The van der Waals surface area contributed by atoms with E-state index >= 15 is 0 Å². The molecule has 0 fully saturated rings. The number of fused-ring (bicyclic) bond motifs is 1. The zero-order valence-electron chi connectivity index (χ0n) is 8.46. The van der Waals surface area contributed by atoms with E-state index in [1.54, 1.807) is 0 Å². The van der Waals surface area contributed by atoms with E-state index in [1.807, 2.05) is 6.08 Å². The minimum Gasteiger partial charge on any atom is -0.0984 e. The Balaban J connectivity index is 2.79. The molecule has 0 aliphatic carbocycles. The first-order valence-electron chi connectivity index (χ1n) is 4.99. The molecule has 0 radical (unpaired) electrons. The summed E-state index contributed by atoms with van der Waals surface area (Å²) in [4.78, 5) is 0. The van der Waals surface area contributed by atoms with Gasteiger partial charge in [-0.05, 0) is 28.3 Å². The topological polar surface area (TPSA) is 0 Å². The maximum Gasteiger partial charge on any atom is -0.0111 e. The van der Waals surface area contributed by atoms with E-state index in [0.29, 0.717) is 0 Å². The van der Waals surface area contributed by atoms with Gasteiger partial charge in [0.15, 0.2) is 0 Å². The van der Waals surface area contributed by atoms with Crippen LogP contribution in [-0.4, -0.2) is 0 Å². The molecule has 0 unspecified atom stereocenters. The lowest BCUT2D eigenvalue weighted by Gasteiger charge is -2.05. The fraction of sp³-hybridized carbons (Fsp3) is 0.143. The van der Waals surface area contributed by atoms with E-state index in [1.165, 1.54) is 21.9 Å². The highest BCUT2D eigenvalue weighted by Gasteiger charge is 1.99. The Hall–Kier alpha value is -1.56. The predicted octanol–water partition coefficient (Wildman–Crippen LogP) is 4.05. The maximum atomic E-state index is 3.86. The molecule has 0 nitrogen and oxygen atoms in total. The molecule has 0 N–H and O–H groups in total. The monoisotopic (exact) mass is 182 g/mol. The van der Waals surface area contributed by atoms with Crippen LogP contribution in [0.2, 0.25) is 0 Å². The summed E-state index contributed by atoms with van der Waals surface area (Å²) in [5, 5.41) is 2.60. The summed E-state index contributed by atoms with van der Waals surface area (Å²) in [6.45, 7) is 6.03. The van der Waals surface area contributed by atoms with Crippen molar-refractivity contribution >= 4 is 16.8 Å². The standard InChI is InChI=1S/C14H14/c1-3-11-9-12(4-2)14-8-6-5-7-13(14)10-11/h4-10H,2-3H2,1H3. The van der Waals surface area contributed by atoms with Gasteiger partial charge in [-0.1, -0.05) is 56.0 Å². The van der Waals surface area contributed by atoms with E-state index in [2.05, 4.69) is 49.9 Å². The lowest BCUT2D eigenvalue weighted by atomic mass is 10.00. The van der Waals surface area contributed by atoms with Crippen LogP contribution in [0.4, 0.5) is 0 Å². The first kappa shape index (κ1) is 9.01. The molecule has 70 valence electrons. The number of rotatable bonds is 2. The smallest absolute Gasteiger partial charge is 0.0111 e. The Morgan fingerprint density at radius 1 is 1.21 bits per heavy atom. The van der Waals surface area contributed by atoms with Crippen LogP contribution >= 0.6 is 0 Å². The molecule has 0 saturated carbocycles. The third-order valence-electron chi connectivity index (χ3n) is 2.58. The zero-order valence-corrected chi connectivity index (χ0v) is 8.46. The third-order valence-corrected chi connectivity index (χ3v) is 2.58. The van der Waals surface area contributed by atoms with Crippen molar-refractivity contribution in [2.24, 2.45) is 0 Å². The Bertz CT molecular complexity index is 466. The van der Waals surface area contributed by atoms with Crippen LogP contribution < -0.4 is 0 Å². The molecule has 0 aliphatic heterocycles. The molecule has 0 aliphatic rings. The second-order valence-electron chi connectivity index (χ2n) is 3.46. The van der Waals surface area contributed by atoms with Gasteiger partial charge in [-0.25, -0.2) is 0 Å². The molecule has 0 atom stereocenters. The van der Waals surface area contributed by atoms with Crippen LogP contribution in [-0.2, 0) is 6.42 Å². The average Bonchev–Trinajstić information content (AvgIpc) is 2.27. The molecule has 0 saturated heterocycles. The zero-order chi connectivity index (χ0) is 9.97. The van der Waals surface area contributed by atoms with E-state index in [4.69, 9.17) is 0 Å². The molecule has 2 aromatic rings. The van der Waals surface area contributed by atoms with Gasteiger partial charge in [-0.15, -0.1) is 0 Å². The second-order valence-corrected chi connectivity index (χ2v) is 3.46. The normalized spacial score (nSPS) is 10.4. The maximum absolute atomic E-state index is 3.86. The summed E-state index contributed by atoms with van der Waals surface area (Å²) < 4.78 is 0. The van der Waals surface area contributed by atoms with Gasteiger partial charge < -0.3 is 0 Å². The van der Waals surface area contributed by atoms with Crippen molar-refractivity contribution < 1.29 is 0 Å². The van der Waals surface area contributed by atoms with Gasteiger partial charge >= 0.3 is 0 Å². The summed E-state index contributed by atoms with van der Waals surface area (Å²) in [5.41, 5.74) is 2.61. The minimum absolute atomic E-state index is 1.08. The first-order valence-corrected chi connectivity index (χ1v) is 4.99. The van der Waals surface area contributed by atoms with Crippen molar-refractivity contribution in [3.05, 3.63) is 54.1 Å². The van der Waals surface area contributed by atoms with Crippen molar-refractivity contribution in [3.8, 4) is 0 Å². The van der Waals surface area contributed by atoms with Gasteiger partial charge in [-0.3, -0.25) is 0 Å². The van der Waals surface area contributed by atoms with Crippen molar-refractivity contribution in [2.45, 2.75) is 13.3 Å². The van der Waals surface area contributed by atoms with Gasteiger partial charge in [0.05, 0.1) is 0 Å². The average molecular weight is 182 g/mol. The lowest BCUT2D eigenvalue weighted by molar-refractivity contribution is 1.14. The van der Waals surface area contributed by atoms with E-state index in [0.717, 1.165) is 6.42 Å². The van der Waals surface area contributed by atoms with Crippen LogP contribution in [0.15, 0.2) is 43.0 Å². The van der Waals surface area contributed by atoms with Crippen LogP contribution in [0.3, 0.4) is 0 Å². The van der Waals surface area contributed by atoms with Crippen molar-refractivity contribution in [2.75, 3.05) is 0 Å². The number of hydrogen-bond donors (Lipinski definition) is 0. The van der Waals surface area contributed by atoms with Gasteiger partial charge in [0.2, 0.25) is 0 Å². The summed E-state index contributed by atoms with van der Waals surface area (Å²) >= 11 is 0. The largest absolute Gasteiger partial charge is 0.0984 e. The Kier molecular flexibility index (Phi) is 2.36. The highest BCUT2D eigenvalue weighted by Crippen LogP contribution is 2.22. The Labute approximate surface area is 84.9 Å². The molecule has 0 aromatic heterocycles. The number of benzene rings is 2. The number of hydrogen-bond acceptors (Lipinski definition) is 0. The second kappa shape index (κ2) is 3.67. The number of aryl methyl sites for hydroxylation is 1. The van der Waals surface area contributed by atoms with E-state index < -0.39 is 0 Å². The highest BCUT2D eigenvalue weighted by atomic mass is 14.0. The summed E-state index contributed by atoms with van der Waals surface area (Å²) in [5.74, 6) is 0. The molecule has 2 aromatic carbocycles. The minimum atomic E-state index is 1.08. The summed E-state index contributed by atoms with van der Waals surface area (Å²) in [6, 6.07) is 12.9. The Morgan fingerprint density at radius 3 is 2.71 bits per heavy atom. The van der Waals surface area contributed by atoms with Crippen molar-refractivity contribution in [1.29, 1.82) is 0 Å². The van der Waals surface area contributed by atoms with Crippen LogP contribution in [0.25, 0.3) is 16.8 Å². The fourth-order valence-corrected chi connectivity index (χ4v) is 1.78. The Morgan fingerprint density at radius 2 is 2.00 bits per heavy atom. The summed E-state index contributed by atoms with van der Waals surface area (Å²) in [6.07, 6.45) is 3.01. The van der Waals surface area contributed by atoms with Crippen molar-refractivity contribution in [1.82, 2.24) is 0 Å². The van der Waals surface area contributed by atoms with Gasteiger partial charge in [0, 0.05) is 0 Å². The van der Waals surface area contributed by atoms with E-state index in [-0.39, 0.29) is 0 Å². The molecule has 0 heterocycles. The molecule has 0 heteroatoms. The van der Waals surface area contributed by atoms with Crippen LogP contribution in [0, 0.1) is 0 Å². The van der Waals surface area contributed by atoms with Crippen LogP contribution in [0.5, 0.6) is 0 Å². The highest BCUT2D eigenvalue weighted by molar-refractivity contribution is 5.91. The van der Waals surface area contributed by atoms with E-state index in [9.17, 15) is 0 Å². The van der Waals surface area contributed by atoms with Crippen molar-refractivity contribution in [3.63, 3.8) is 0 Å². The molecular formula is C14H14. The predicted molar refractivity (Wildman–Crippen MR) is 63.4 cm³/mol. The molecule has 0 amide bonds.